The number of piperidine rings is 1. The first-order chi connectivity index (χ1) is 49.7. The zero-order valence-electron chi connectivity index (χ0n) is 60.8. The molecule has 5 aromatic rings. The molecule has 7 rings (SSSR count). The maximum atomic E-state index is 15.9. The molecule has 3 heterocycles. The summed E-state index contributed by atoms with van der Waals surface area (Å²) in [4.78, 5) is 169. The van der Waals surface area contributed by atoms with Crippen LogP contribution in [0.15, 0.2) is 103 Å². The van der Waals surface area contributed by atoms with Gasteiger partial charge >= 0.3 is 0 Å². The van der Waals surface area contributed by atoms with Gasteiger partial charge in [-0.15, -0.1) is 0 Å². The monoisotopic (exact) mass is 1510 g/mol. The van der Waals surface area contributed by atoms with Crippen molar-refractivity contribution in [3.63, 3.8) is 0 Å². The van der Waals surface area contributed by atoms with Gasteiger partial charge in [-0.25, -0.2) is 0 Å². The quantitative estimate of drug-likeness (QED) is 0.0631. The molecular formula is C75H100Cl3N13O14. The molecule has 105 heavy (non-hydrogen) atoms. The van der Waals surface area contributed by atoms with Crippen molar-refractivity contribution in [2.24, 2.45) is 23.2 Å². The first kappa shape index (κ1) is 83.6. The van der Waals surface area contributed by atoms with Crippen molar-refractivity contribution in [2.75, 3.05) is 33.3 Å². The first-order valence-corrected chi connectivity index (χ1v) is 36.6. The first-order valence-electron chi connectivity index (χ1n) is 35.5. The summed E-state index contributed by atoms with van der Waals surface area (Å²) < 4.78 is 0. The lowest BCUT2D eigenvalue weighted by Crippen LogP contribution is -2.65. The SMILES string of the molecule is CC[C@H](C)[C@@H]1NC(=O)CNC(=O)[C@H]([C@@H](C)CC)NC(=O)[C@H](CO)NC(=O)C(C(=O)N2CCC(C(C)(C)C)CC2)NC(=O)[C@H](Cc2cccc(Cl)c2)NC(=O)[C@H]([C@@H](C)O)NC(=O)[C@H](Cc2ccc(Cl)cc2)N(C)C(=O)[C@H](Cc2cccc(Cl)c2)N[C@H](Cc2c[nH]c3ccccc23)NC(=O)[C@H]([C@@H](C)O)NC1=O. The number of carbonyl (C=O) groups is 11. The highest BCUT2D eigenvalue weighted by Crippen LogP contribution is 2.35. The summed E-state index contributed by atoms with van der Waals surface area (Å²) >= 11 is 19.4. The van der Waals surface area contributed by atoms with Gasteiger partial charge in [-0.2, -0.15) is 0 Å². The summed E-state index contributed by atoms with van der Waals surface area (Å²) in [5, 5.41) is 62.1. The number of para-hydroxylation sites is 1. The summed E-state index contributed by atoms with van der Waals surface area (Å²) in [7, 11) is 1.34. The number of carbonyl (C=O) groups excluding carboxylic acids is 11. The number of aliphatic hydroxyl groups is 3. The van der Waals surface area contributed by atoms with Gasteiger partial charge in [-0.1, -0.05) is 151 Å². The lowest BCUT2D eigenvalue weighted by atomic mass is 9.75. The maximum Gasteiger partial charge on any atom is 0.254 e. The Labute approximate surface area is 626 Å². The number of rotatable bonds is 16. The van der Waals surface area contributed by atoms with Crippen molar-refractivity contribution in [3.8, 4) is 0 Å². The van der Waals surface area contributed by atoms with E-state index in [2.05, 4.69) is 78.9 Å². The second-order valence-electron chi connectivity index (χ2n) is 28.5. The molecule has 570 valence electrons. The summed E-state index contributed by atoms with van der Waals surface area (Å²) in [5.74, 6) is -12.1. The third kappa shape index (κ3) is 23.4. The van der Waals surface area contributed by atoms with Crippen LogP contribution in [0.3, 0.4) is 0 Å². The largest absolute Gasteiger partial charge is 0.394 e. The Hall–Kier alpha value is -8.70. The number of aliphatic hydroxyl groups excluding tert-OH is 3. The van der Waals surface area contributed by atoms with Crippen LogP contribution in [0.2, 0.25) is 15.1 Å². The van der Waals surface area contributed by atoms with E-state index in [-0.39, 0.29) is 61.5 Å². The van der Waals surface area contributed by atoms with E-state index in [1.54, 1.807) is 101 Å². The van der Waals surface area contributed by atoms with E-state index in [9.17, 15) is 48.9 Å². The number of fused-ring (bicyclic) bond motifs is 1. The number of likely N-dealkylation sites (N-methyl/N-ethyl adjacent to an activating group) is 1. The number of halogens is 3. The molecule has 0 radical (unpaired) electrons. The highest BCUT2D eigenvalue weighted by molar-refractivity contribution is 6.31. The van der Waals surface area contributed by atoms with E-state index in [0.717, 1.165) is 15.8 Å². The number of H-pyrrole nitrogens is 1. The van der Waals surface area contributed by atoms with Crippen LogP contribution in [0.5, 0.6) is 0 Å². The van der Waals surface area contributed by atoms with Crippen LogP contribution in [0, 0.1) is 23.2 Å². The maximum absolute atomic E-state index is 15.9. The fourth-order valence-corrected chi connectivity index (χ4v) is 13.4. The summed E-state index contributed by atoms with van der Waals surface area (Å²) in [5.41, 5.74) is 2.56. The van der Waals surface area contributed by atoms with Crippen LogP contribution in [-0.4, -0.2) is 201 Å². The Kier molecular flexibility index (Phi) is 30.7. The number of amides is 11. The molecule has 0 aliphatic carbocycles. The molecule has 0 spiro atoms. The molecule has 2 aliphatic heterocycles. The molecule has 14 N–H and O–H groups in total. The lowest BCUT2D eigenvalue weighted by molar-refractivity contribution is -0.145. The summed E-state index contributed by atoms with van der Waals surface area (Å²) in [6.07, 6.45) is -2.13. The van der Waals surface area contributed by atoms with Crippen molar-refractivity contribution in [1.29, 1.82) is 0 Å². The van der Waals surface area contributed by atoms with E-state index < -0.39 is 163 Å². The molecular weight excluding hydrogens is 1410 g/mol. The predicted octanol–water partition coefficient (Wildman–Crippen LogP) is 3.28. The van der Waals surface area contributed by atoms with Crippen molar-refractivity contribution in [1.82, 2.24) is 68.0 Å². The van der Waals surface area contributed by atoms with Crippen LogP contribution in [0.1, 0.15) is 110 Å². The number of nitrogens with zero attached hydrogens (tertiary/aromatic N) is 2. The van der Waals surface area contributed by atoms with Crippen molar-refractivity contribution in [3.05, 3.63) is 141 Å². The fraction of sp³-hybridized carbons (Fsp3) is 0.507. The highest BCUT2D eigenvalue weighted by Gasteiger charge is 2.43. The van der Waals surface area contributed by atoms with Gasteiger partial charge < -0.3 is 78.0 Å². The smallest absolute Gasteiger partial charge is 0.254 e. The van der Waals surface area contributed by atoms with Crippen LogP contribution in [0.4, 0.5) is 0 Å². The van der Waals surface area contributed by atoms with E-state index in [1.165, 1.54) is 31.9 Å². The van der Waals surface area contributed by atoms with Gasteiger partial charge in [0.15, 0.2) is 6.04 Å². The number of likely N-dealkylation sites (tertiary alicyclic amines) is 1. The molecule has 14 atom stereocenters. The molecule has 4 aromatic carbocycles. The zero-order chi connectivity index (χ0) is 77.1. The minimum Gasteiger partial charge on any atom is -0.394 e. The highest BCUT2D eigenvalue weighted by atomic mass is 35.5. The van der Waals surface area contributed by atoms with Gasteiger partial charge in [0.05, 0.1) is 37.6 Å². The Morgan fingerprint density at radius 1 is 0.543 bits per heavy atom. The van der Waals surface area contributed by atoms with Crippen LogP contribution >= 0.6 is 34.8 Å². The molecule has 0 saturated carbocycles. The van der Waals surface area contributed by atoms with Gasteiger partial charge in [-0.3, -0.25) is 58.1 Å². The normalized spacial score (nSPS) is 24.7. The van der Waals surface area contributed by atoms with E-state index in [0.29, 0.717) is 51.6 Å². The molecule has 11 amide bonds. The van der Waals surface area contributed by atoms with Crippen LogP contribution in [0.25, 0.3) is 10.9 Å². The lowest BCUT2D eigenvalue weighted by Gasteiger charge is -2.39. The molecule has 30 heteroatoms. The van der Waals surface area contributed by atoms with E-state index >= 15 is 19.2 Å². The van der Waals surface area contributed by atoms with Crippen molar-refractivity contribution < 1.29 is 68.1 Å². The number of benzene rings is 4. The number of hydrogen-bond acceptors (Lipinski definition) is 15. The average molecular weight is 1510 g/mol. The van der Waals surface area contributed by atoms with Gasteiger partial charge in [0.2, 0.25) is 53.2 Å². The summed E-state index contributed by atoms with van der Waals surface area (Å²) in [6, 6.07) is 11.3. The molecule has 2 saturated heterocycles. The molecule has 27 nitrogen and oxygen atoms in total. The van der Waals surface area contributed by atoms with E-state index in [4.69, 9.17) is 34.8 Å². The fourth-order valence-electron chi connectivity index (χ4n) is 12.9. The van der Waals surface area contributed by atoms with Gasteiger partial charge in [0.25, 0.3) is 11.8 Å². The second kappa shape index (κ2) is 38.5. The average Bonchev–Trinajstić information content (AvgIpc) is 1.81. The minimum absolute atomic E-state index is 0.0586. The third-order valence-corrected chi connectivity index (χ3v) is 20.4. The number of nitrogens with one attached hydrogen (secondary N) is 11. The van der Waals surface area contributed by atoms with Gasteiger partial charge in [-0.05, 0) is 121 Å². The number of aromatic amines is 1. The van der Waals surface area contributed by atoms with Gasteiger partial charge in [0, 0.05) is 71.6 Å². The topological polar surface area (TPSA) is 391 Å². The Bertz CT molecular complexity index is 3880. The Morgan fingerprint density at radius 3 is 1.63 bits per heavy atom. The van der Waals surface area contributed by atoms with Crippen LogP contribution < -0.4 is 53.2 Å². The molecule has 1 aromatic heterocycles. The second-order valence-corrected chi connectivity index (χ2v) is 29.8. The Morgan fingerprint density at radius 2 is 1.07 bits per heavy atom. The number of aromatic nitrogens is 1. The molecule has 1 unspecified atom stereocenters. The number of hydrogen-bond donors (Lipinski definition) is 14. The Balaban J connectivity index is 1.36. The predicted molar refractivity (Wildman–Crippen MR) is 398 cm³/mol. The van der Waals surface area contributed by atoms with Crippen molar-refractivity contribution >= 4 is 111 Å². The van der Waals surface area contributed by atoms with Gasteiger partial charge in [0.1, 0.15) is 42.3 Å². The van der Waals surface area contributed by atoms with E-state index in [1.807, 2.05) is 24.3 Å². The van der Waals surface area contributed by atoms with Crippen LogP contribution in [-0.2, 0) is 78.4 Å². The summed E-state index contributed by atoms with van der Waals surface area (Å²) in [6.45, 7) is 13.8. The third-order valence-electron chi connectivity index (χ3n) is 19.7. The molecule has 2 aliphatic rings. The standard InChI is InChI=1S/C75H100Cl3N13O14/c1-11-40(3)60-68(99)80-38-59(95)85-61(41(4)12-2)69(100)88-63(43(6)94)71(102)84-58(36-47-37-79-53-22-14-13-21-52(47)53)81-55(34-46-18-16-20-51(78)32-46)73(104)90(10)57(35-44-23-25-49(76)26-24-44)67(98)87-62(42(5)93)70(101)82-54(33-45-17-15-19-50(77)31-45)65(96)89-64(72(103)83-56(39-92)66(97)86-60)74(105)91-29-27-48(28-30-91)75(7,8)9/h13-26,31-32,37,40-43,48,54-58,60-64,79,81,92-94H,11-12,27-30,33-36,38-39H2,1-10H3,(H,80,99)(H,82,101)(H,83,103)(H,84,102)(H,85,95)(H,86,97)(H,87,98)(H,88,100)(H,89,96)/t40-,41-,42+,43+,54-,55-,56-,57-,58-,60-,61-,62-,63-,64?/m0/s1. The zero-order valence-corrected chi connectivity index (χ0v) is 63.1. The van der Waals surface area contributed by atoms with Crippen molar-refractivity contribution in [2.45, 2.75) is 186 Å². The molecule has 2 fully saturated rings. The minimum atomic E-state index is -2.16. The molecule has 0 bridgehead atoms.